The molecule has 0 spiro atoms. The molecule has 1 aliphatic rings. The van der Waals surface area contributed by atoms with Crippen molar-refractivity contribution >= 4 is 17.5 Å². The Morgan fingerprint density at radius 1 is 1.53 bits per heavy atom. The summed E-state index contributed by atoms with van der Waals surface area (Å²) in [7, 11) is 0. The van der Waals surface area contributed by atoms with Crippen molar-refractivity contribution in [3.05, 3.63) is 18.1 Å². The largest absolute Gasteiger partial charge is 0.369 e. The van der Waals surface area contributed by atoms with Gasteiger partial charge in [-0.2, -0.15) is 14.6 Å². The van der Waals surface area contributed by atoms with Crippen LogP contribution in [0.4, 0.5) is 5.82 Å². The molecule has 3 rings (SSSR count). The first-order valence-electron chi connectivity index (χ1n) is 6.37. The zero-order chi connectivity index (χ0) is 13.4. The molecule has 1 saturated heterocycles. The number of piperidine rings is 1. The van der Waals surface area contributed by atoms with Crippen molar-refractivity contribution in [2.45, 2.75) is 19.8 Å². The Morgan fingerprint density at radius 3 is 3.16 bits per heavy atom. The van der Waals surface area contributed by atoms with E-state index in [1.165, 1.54) is 6.33 Å². The molecule has 1 aliphatic heterocycles. The predicted octanol–water partition coefficient (Wildman–Crippen LogP) is 0.134. The summed E-state index contributed by atoms with van der Waals surface area (Å²) in [6.07, 6.45) is 3.29. The number of carbonyl (C=O) groups is 1. The zero-order valence-electron chi connectivity index (χ0n) is 10.8. The number of primary amides is 1. The number of nitrogens with zero attached hydrogens (tertiary/aromatic N) is 5. The Bertz CT molecular complexity index is 622. The van der Waals surface area contributed by atoms with Gasteiger partial charge in [-0.3, -0.25) is 4.79 Å². The number of amides is 1. The first kappa shape index (κ1) is 11.9. The van der Waals surface area contributed by atoms with Crippen LogP contribution in [-0.2, 0) is 4.79 Å². The molecule has 0 unspecified atom stereocenters. The van der Waals surface area contributed by atoms with E-state index in [0.717, 1.165) is 30.9 Å². The summed E-state index contributed by atoms with van der Waals surface area (Å²) in [6.45, 7) is 3.45. The van der Waals surface area contributed by atoms with Crippen molar-refractivity contribution in [2.75, 3.05) is 18.0 Å². The number of fused-ring (bicyclic) bond motifs is 1. The van der Waals surface area contributed by atoms with Gasteiger partial charge in [0.05, 0.1) is 5.92 Å². The van der Waals surface area contributed by atoms with Gasteiger partial charge in [-0.25, -0.2) is 4.98 Å². The lowest BCUT2D eigenvalue weighted by Gasteiger charge is -2.32. The van der Waals surface area contributed by atoms with Crippen LogP contribution in [-0.4, -0.2) is 38.6 Å². The van der Waals surface area contributed by atoms with Crippen molar-refractivity contribution in [3.8, 4) is 0 Å². The average molecular weight is 260 g/mol. The van der Waals surface area contributed by atoms with E-state index in [4.69, 9.17) is 5.73 Å². The van der Waals surface area contributed by atoms with Crippen molar-refractivity contribution in [1.82, 2.24) is 19.6 Å². The lowest BCUT2D eigenvalue weighted by atomic mass is 9.97. The molecule has 0 aliphatic carbocycles. The minimum Gasteiger partial charge on any atom is -0.369 e. The molecule has 0 aromatic carbocycles. The molecule has 1 atom stereocenters. The van der Waals surface area contributed by atoms with Crippen LogP contribution < -0.4 is 10.6 Å². The van der Waals surface area contributed by atoms with E-state index in [2.05, 4.69) is 20.0 Å². The van der Waals surface area contributed by atoms with Gasteiger partial charge in [0.25, 0.3) is 5.78 Å². The van der Waals surface area contributed by atoms with Gasteiger partial charge in [-0.05, 0) is 19.8 Å². The summed E-state index contributed by atoms with van der Waals surface area (Å²) in [5, 5.41) is 4.19. The molecule has 1 fully saturated rings. The Morgan fingerprint density at radius 2 is 2.37 bits per heavy atom. The molecule has 19 heavy (non-hydrogen) atoms. The third kappa shape index (κ3) is 2.11. The summed E-state index contributed by atoms with van der Waals surface area (Å²) in [5.74, 6) is 1.17. The third-order valence-electron chi connectivity index (χ3n) is 3.51. The van der Waals surface area contributed by atoms with Gasteiger partial charge >= 0.3 is 0 Å². The van der Waals surface area contributed by atoms with Crippen LogP contribution in [0.5, 0.6) is 0 Å². The highest BCUT2D eigenvalue weighted by Gasteiger charge is 2.25. The number of aryl methyl sites for hydroxylation is 1. The summed E-state index contributed by atoms with van der Waals surface area (Å²) in [4.78, 5) is 21.9. The molecule has 7 heteroatoms. The van der Waals surface area contributed by atoms with Gasteiger partial charge in [0.15, 0.2) is 0 Å². The van der Waals surface area contributed by atoms with Gasteiger partial charge < -0.3 is 10.6 Å². The molecule has 2 N–H and O–H groups in total. The van der Waals surface area contributed by atoms with E-state index >= 15 is 0 Å². The lowest BCUT2D eigenvalue weighted by molar-refractivity contribution is -0.122. The van der Waals surface area contributed by atoms with E-state index in [1.54, 1.807) is 4.52 Å². The number of nitrogens with two attached hydrogens (primary N) is 1. The molecule has 7 nitrogen and oxygen atoms in total. The standard InChI is InChI=1S/C12H16N6O/c1-8-5-10(18-12(16-8)14-7-15-18)17-4-2-3-9(6-17)11(13)19/h5,7,9H,2-4,6H2,1H3,(H2,13,19)/t9-/m1/s1. The Hall–Kier alpha value is -2.18. The molecular formula is C12H16N6O. The Balaban J connectivity index is 1.99. The molecule has 0 radical (unpaired) electrons. The van der Waals surface area contributed by atoms with Crippen LogP contribution in [0.15, 0.2) is 12.4 Å². The van der Waals surface area contributed by atoms with Crippen LogP contribution in [0, 0.1) is 12.8 Å². The fourth-order valence-electron chi connectivity index (χ4n) is 2.55. The van der Waals surface area contributed by atoms with Crippen LogP contribution in [0.1, 0.15) is 18.5 Å². The molecule has 100 valence electrons. The first-order valence-corrected chi connectivity index (χ1v) is 6.37. The Kier molecular flexibility index (Phi) is 2.81. The monoisotopic (exact) mass is 260 g/mol. The molecule has 3 heterocycles. The molecule has 2 aromatic rings. The highest BCUT2D eigenvalue weighted by molar-refractivity contribution is 5.77. The summed E-state index contributed by atoms with van der Waals surface area (Å²) >= 11 is 0. The SMILES string of the molecule is Cc1cc(N2CCC[C@@H](C(N)=O)C2)n2ncnc2n1. The summed E-state index contributed by atoms with van der Waals surface area (Å²) in [5.41, 5.74) is 6.30. The number of anilines is 1. The van der Waals surface area contributed by atoms with Crippen LogP contribution in [0.3, 0.4) is 0 Å². The van der Waals surface area contributed by atoms with Gasteiger partial charge in [-0.15, -0.1) is 0 Å². The van der Waals surface area contributed by atoms with Crippen molar-refractivity contribution in [3.63, 3.8) is 0 Å². The average Bonchev–Trinajstić information content (AvgIpc) is 2.85. The summed E-state index contributed by atoms with van der Waals surface area (Å²) in [6, 6.07) is 1.96. The van der Waals surface area contributed by atoms with E-state index in [0.29, 0.717) is 12.3 Å². The van der Waals surface area contributed by atoms with Gasteiger partial charge in [0.1, 0.15) is 12.1 Å². The predicted molar refractivity (Wildman–Crippen MR) is 69.7 cm³/mol. The second kappa shape index (κ2) is 4.49. The van der Waals surface area contributed by atoms with Crippen LogP contribution >= 0.6 is 0 Å². The van der Waals surface area contributed by atoms with Crippen molar-refractivity contribution in [1.29, 1.82) is 0 Å². The minimum absolute atomic E-state index is 0.0965. The summed E-state index contributed by atoms with van der Waals surface area (Å²) < 4.78 is 1.70. The second-order valence-corrected chi connectivity index (χ2v) is 4.92. The third-order valence-corrected chi connectivity index (χ3v) is 3.51. The number of aromatic nitrogens is 4. The number of carbonyl (C=O) groups excluding carboxylic acids is 1. The van der Waals surface area contributed by atoms with Crippen molar-refractivity contribution < 1.29 is 4.79 Å². The smallest absolute Gasteiger partial charge is 0.254 e. The fourth-order valence-corrected chi connectivity index (χ4v) is 2.55. The number of rotatable bonds is 2. The zero-order valence-corrected chi connectivity index (χ0v) is 10.8. The van der Waals surface area contributed by atoms with Crippen LogP contribution in [0.2, 0.25) is 0 Å². The normalized spacial score (nSPS) is 19.8. The van der Waals surface area contributed by atoms with E-state index in [-0.39, 0.29) is 11.8 Å². The van der Waals surface area contributed by atoms with Crippen molar-refractivity contribution in [2.24, 2.45) is 11.7 Å². The van der Waals surface area contributed by atoms with E-state index < -0.39 is 0 Å². The maximum atomic E-state index is 11.4. The quantitative estimate of drug-likeness (QED) is 0.829. The Labute approximate surface area is 110 Å². The number of hydrogen-bond acceptors (Lipinski definition) is 5. The van der Waals surface area contributed by atoms with E-state index in [9.17, 15) is 4.79 Å². The molecular weight excluding hydrogens is 244 g/mol. The molecule has 0 bridgehead atoms. The minimum atomic E-state index is -0.231. The fraction of sp³-hybridized carbons (Fsp3) is 0.500. The maximum absolute atomic E-state index is 11.4. The lowest BCUT2D eigenvalue weighted by Crippen LogP contribution is -2.42. The van der Waals surface area contributed by atoms with Gasteiger partial charge in [0.2, 0.25) is 5.91 Å². The topological polar surface area (TPSA) is 89.4 Å². The van der Waals surface area contributed by atoms with E-state index in [1.807, 2.05) is 13.0 Å². The second-order valence-electron chi connectivity index (χ2n) is 4.92. The highest BCUT2D eigenvalue weighted by Crippen LogP contribution is 2.23. The molecule has 0 saturated carbocycles. The van der Waals surface area contributed by atoms with Gasteiger partial charge in [-0.1, -0.05) is 0 Å². The maximum Gasteiger partial charge on any atom is 0.254 e. The highest BCUT2D eigenvalue weighted by atomic mass is 16.1. The molecule has 2 aromatic heterocycles. The molecule has 1 amide bonds. The number of hydrogen-bond donors (Lipinski definition) is 1. The van der Waals surface area contributed by atoms with Gasteiger partial charge in [0, 0.05) is 24.8 Å². The van der Waals surface area contributed by atoms with Crippen LogP contribution in [0.25, 0.3) is 5.78 Å². The first-order chi connectivity index (χ1) is 9.15.